The second kappa shape index (κ2) is 9.32. The molecule has 0 aliphatic carbocycles. The van der Waals surface area contributed by atoms with E-state index < -0.39 is 5.97 Å². The third-order valence-corrected chi connectivity index (χ3v) is 6.35. The minimum atomic E-state index is -0.430. The number of carbonyl (C=O) groups excluding carboxylic acids is 2. The third kappa shape index (κ3) is 4.40. The lowest BCUT2D eigenvalue weighted by molar-refractivity contribution is -0.116. The van der Waals surface area contributed by atoms with Crippen LogP contribution in [0.2, 0.25) is 0 Å². The summed E-state index contributed by atoms with van der Waals surface area (Å²) in [5, 5.41) is 8.88. The lowest BCUT2D eigenvalue weighted by Gasteiger charge is -2.09. The fourth-order valence-electron chi connectivity index (χ4n) is 3.62. The molecular weight excluding hydrogens is 426 g/mol. The molecule has 1 amide bonds. The molecule has 1 N–H and O–H groups in total. The van der Waals surface area contributed by atoms with Crippen LogP contribution in [0.5, 0.6) is 0 Å². The summed E-state index contributed by atoms with van der Waals surface area (Å²) in [6.07, 6.45) is 0.683. The van der Waals surface area contributed by atoms with E-state index in [9.17, 15) is 14.4 Å². The van der Waals surface area contributed by atoms with Crippen molar-refractivity contribution < 1.29 is 14.3 Å². The quantitative estimate of drug-likeness (QED) is 0.419. The first kappa shape index (κ1) is 21.7. The molecular formula is C24H23N3O4S. The Morgan fingerprint density at radius 2 is 1.97 bits per heavy atom. The van der Waals surface area contributed by atoms with Gasteiger partial charge in [-0.15, -0.1) is 11.3 Å². The lowest BCUT2D eigenvalue weighted by atomic mass is 10.2. The van der Waals surface area contributed by atoms with Gasteiger partial charge in [-0.25, -0.2) is 9.48 Å². The van der Waals surface area contributed by atoms with Gasteiger partial charge < -0.3 is 10.1 Å². The van der Waals surface area contributed by atoms with Gasteiger partial charge >= 0.3 is 5.97 Å². The van der Waals surface area contributed by atoms with Crippen molar-refractivity contribution in [3.05, 3.63) is 70.1 Å². The summed E-state index contributed by atoms with van der Waals surface area (Å²) in [4.78, 5) is 37.3. The summed E-state index contributed by atoms with van der Waals surface area (Å²) in [7, 11) is 0. The fraction of sp³-hybridized carbons (Fsp3) is 0.250. The Balaban J connectivity index is 1.43. The van der Waals surface area contributed by atoms with Crippen molar-refractivity contribution in [3.8, 4) is 0 Å². The maximum Gasteiger partial charge on any atom is 0.338 e. The maximum absolute atomic E-state index is 13.0. The molecule has 4 rings (SSSR count). The van der Waals surface area contributed by atoms with E-state index in [2.05, 4.69) is 10.4 Å². The molecule has 0 aliphatic heterocycles. The van der Waals surface area contributed by atoms with Crippen LogP contribution in [0, 0.1) is 6.92 Å². The summed E-state index contributed by atoms with van der Waals surface area (Å²) >= 11 is 1.57. The van der Waals surface area contributed by atoms with E-state index in [1.807, 2.05) is 31.2 Å². The first-order valence-corrected chi connectivity index (χ1v) is 11.3. The molecule has 4 aromatic rings. The molecule has 164 valence electrons. The Hall–Kier alpha value is -3.52. The van der Waals surface area contributed by atoms with Crippen molar-refractivity contribution in [2.45, 2.75) is 33.2 Å². The van der Waals surface area contributed by atoms with Gasteiger partial charge in [-0.3, -0.25) is 9.59 Å². The van der Waals surface area contributed by atoms with Crippen LogP contribution >= 0.6 is 11.3 Å². The smallest absolute Gasteiger partial charge is 0.338 e. The zero-order chi connectivity index (χ0) is 22.7. The summed E-state index contributed by atoms with van der Waals surface area (Å²) < 4.78 is 8.40. The molecule has 0 spiro atoms. The van der Waals surface area contributed by atoms with Crippen LogP contribution in [-0.4, -0.2) is 28.3 Å². The number of hydrogen-bond acceptors (Lipinski definition) is 6. The van der Waals surface area contributed by atoms with Crippen molar-refractivity contribution >= 4 is 49.1 Å². The largest absolute Gasteiger partial charge is 0.462 e. The van der Waals surface area contributed by atoms with E-state index in [4.69, 9.17) is 4.74 Å². The molecule has 0 atom stereocenters. The lowest BCUT2D eigenvalue weighted by Crippen LogP contribution is -2.24. The van der Waals surface area contributed by atoms with Crippen LogP contribution in [-0.2, 0) is 16.1 Å². The molecule has 7 nitrogen and oxygen atoms in total. The monoisotopic (exact) mass is 449 g/mol. The predicted molar refractivity (Wildman–Crippen MR) is 126 cm³/mol. The van der Waals surface area contributed by atoms with Crippen LogP contribution in [0.1, 0.15) is 35.8 Å². The van der Waals surface area contributed by atoms with Crippen LogP contribution in [0.25, 0.3) is 20.2 Å². The van der Waals surface area contributed by atoms with E-state index in [1.54, 1.807) is 42.5 Å². The predicted octanol–water partition coefficient (Wildman–Crippen LogP) is 4.52. The van der Waals surface area contributed by atoms with Crippen LogP contribution in [0.15, 0.2) is 53.3 Å². The van der Waals surface area contributed by atoms with Crippen LogP contribution in [0.4, 0.5) is 5.69 Å². The SMILES string of the molecule is CCOC(=O)c1cccc(NC(=O)CCCn2nc(C)c3sc4ccccc4c3c2=O)c1. The van der Waals surface area contributed by atoms with Gasteiger partial charge in [-0.2, -0.15) is 5.10 Å². The molecule has 2 heterocycles. The highest BCUT2D eigenvalue weighted by molar-refractivity contribution is 7.26. The zero-order valence-electron chi connectivity index (χ0n) is 17.9. The molecule has 2 aromatic heterocycles. The number of thiophene rings is 1. The number of carbonyl (C=O) groups is 2. The number of hydrogen-bond donors (Lipinski definition) is 1. The second-order valence-electron chi connectivity index (χ2n) is 7.37. The number of esters is 1. The first-order valence-electron chi connectivity index (χ1n) is 10.4. The number of benzene rings is 2. The standard InChI is InChI=1S/C24H23N3O4S/c1-3-31-24(30)16-8-6-9-17(14-16)25-20(28)12-7-13-27-23(29)21-18-10-4-5-11-19(18)32-22(21)15(2)26-27/h4-6,8-11,14H,3,7,12-13H2,1-2H3,(H,25,28). The van der Waals surface area contributed by atoms with E-state index >= 15 is 0 Å². The number of aromatic nitrogens is 2. The Kier molecular flexibility index (Phi) is 6.32. The first-order chi connectivity index (χ1) is 15.5. The van der Waals surface area contributed by atoms with E-state index in [-0.39, 0.29) is 24.5 Å². The van der Waals surface area contributed by atoms with E-state index in [0.717, 1.165) is 20.5 Å². The third-order valence-electron chi connectivity index (χ3n) is 5.07. The highest BCUT2D eigenvalue weighted by Crippen LogP contribution is 2.32. The average Bonchev–Trinajstić information content (AvgIpc) is 3.18. The van der Waals surface area contributed by atoms with Crippen molar-refractivity contribution in [2.24, 2.45) is 0 Å². The molecule has 0 aliphatic rings. The second-order valence-corrected chi connectivity index (χ2v) is 8.42. The Bertz CT molecular complexity index is 1370. The fourth-order valence-corrected chi connectivity index (χ4v) is 4.75. The van der Waals surface area contributed by atoms with Crippen molar-refractivity contribution in [1.29, 1.82) is 0 Å². The Labute approximate surface area is 188 Å². The van der Waals surface area contributed by atoms with Gasteiger partial charge in [0, 0.05) is 28.7 Å². The summed E-state index contributed by atoms with van der Waals surface area (Å²) in [5.41, 5.74) is 1.58. The minimum Gasteiger partial charge on any atom is -0.462 e. The van der Waals surface area contributed by atoms with Gasteiger partial charge in [0.15, 0.2) is 0 Å². The molecule has 0 fully saturated rings. The number of amides is 1. The molecule has 0 radical (unpaired) electrons. The van der Waals surface area contributed by atoms with E-state index in [0.29, 0.717) is 29.6 Å². The number of nitrogens with zero attached hydrogens (tertiary/aromatic N) is 2. The molecule has 0 saturated heterocycles. The van der Waals surface area contributed by atoms with Crippen LogP contribution < -0.4 is 10.9 Å². The number of anilines is 1. The van der Waals surface area contributed by atoms with Crippen molar-refractivity contribution in [3.63, 3.8) is 0 Å². The molecule has 0 unspecified atom stereocenters. The molecule has 0 bridgehead atoms. The summed E-state index contributed by atoms with van der Waals surface area (Å²) in [6, 6.07) is 14.5. The number of nitrogens with one attached hydrogen (secondary N) is 1. The van der Waals surface area contributed by atoms with Crippen molar-refractivity contribution in [2.75, 3.05) is 11.9 Å². The molecule has 8 heteroatoms. The summed E-state index contributed by atoms with van der Waals surface area (Å²) in [6.45, 7) is 4.27. The van der Waals surface area contributed by atoms with E-state index in [1.165, 1.54) is 4.68 Å². The average molecular weight is 450 g/mol. The molecule has 0 saturated carbocycles. The molecule has 2 aromatic carbocycles. The normalized spacial score (nSPS) is 11.1. The zero-order valence-corrected chi connectivity index (χ0v) is 18.7. The van der Waals surface area contributed by atoms with Gasteiger partial charge in [0.25, 0.3) is 5.56 Å². The number of ether oxygens (including phenoxy) is 1. The Morgan fingerprint density at radius 1 is 1.16 bits per heavy atom. The van der Waals surface area contributed by atoms with Gasteiger partial charge in [-0.1, -0.05) is 24.3 Å². The van der Waals surface area contributed by atoms with Gasteiger partial charge in [0.05, 0.1) is 28.0 Å². The topological polar surface area (TPSA) is 90.3 Å². The van der Waals surface area contributed by atoms with Crippen LogP contribution in [0.3, 0.4) is 0 Å². The Morgan fingerprint density at radius 3 is 2.78 bits per heavy atom. The number of fused-ring (bicyclic) bond motifs is 3. The summed E-state index contributed by atoms with van der Waals surface area (Å²) in [5.74, 6) is -0.626. The minimum absolute atomic E-state index is 0.134. The van der Waals surface area contributed by atoms with Gasteiger partial charge in [0.1, 0.15) is 0 Å². The number of rotatable bonds is 7. The van der Waals surface area contributed by atoms with Gasteiger partial charge in [-0.05, 0) is 44.5 Å². The van der Waals surface area contributed by atoms with Crippen molar-refractivity contribution in [1.82, 2.24) is 9.78 Å². The highest BCUT2D eigenvalue weighted by Gasteiger charge is 2.15. The molecule has 32 heavy (non-hydrogen) atoms. The van der Waals surface area contributed by atoms with Gasteiger partial charge in [0.2, 0.25) is 5.91 Å². The highest BCUT2D eigenvalue weighted by atomic mass is 32.1. The number of aryl methyl sites for hydroxylation is 2. The maximum atomic E-state index is 13.0.